The molecule has 0 radical (unpaired) electrons. The van der Waals surface area contributed by atoms with E-state index in [0.717, 1.165) is 12.8 Å². The highest BCUT2D eigenvalue weighted by Crippen LogP contribution is 2.21. The number of halogens is 1. The fraction of sp³-hybridized carbons (Fsp3) is 0.364. The van der Waals surface area contributed by atoms with Gasteiger partial charge in [-0.3, -0.25) is 24.0 Å². The molecule has 0 saturated carbocycles. The molecule has 0 aliphatic rings. The molecule has 3 N–H and O–H groups in total. The van der Waals surface area contributed by atoms with E-state index < -0.39 is 23.0 Å². The molecule has 32 heavy (non-hydrogen) atoms. The van der Waals surface area contributed by atoms with Gasteiger partial charge in [-0.2, -0.15) is 5.10 Å². The van der Waals surface area contributed by atoms with Crippen LogP contribution >= 0.6 is 0 Å². The van der Waals surface area contributed by atoms with E-state index in [0.29, 0.717) is 19.4 Å². The Morgan fingerprint density at radius 1 is 1.16 bits per heavy atom. The van der Waals surface area contributed by atoms with Crippen molar-refractivity contribution in [3.8, 4) is 5.69 Å². The van der Waals surface area contributed by atoms with E-state index in [-0.39, 0.29) is 29.4 Å². The first-order valence-corrected chi connectivity index (χ1v) is 10.6. The monoisotopic (exact) mass is 442 g/mol. The normalized spacial score (nSPS) is 11.0. The van der Waals surface area contributed by atoms with Gasteiger partial charge in [-0.1, -0.05) is 38.8 Å². The first-order valence-electron chi connectivity index (χ1n) is 10.6. The summed E-state index contributed by atoms with van der Waals surface area (Å²) in [5.41, 5.74) is 4.98. The average molecular weight is 442 g/mol. The first kappa shape index (κ1) is 23.0. The predicted octanol–water partition coefficient (Wildman–Crippen LogP) is 2.69. The number of carbonyl (C=O) groups is 1. The second-order valence-electron chi connectivity index (χ2n) is 7.41. The van der Waals surface area contributed by atoms with Crippen LogP contribution in [0.2, 0.25) is 0 Å². The fourth-order valence-electron chi connectivity index (χ4n) is 3.36. The maximum absolute atomic E-state index is 14.1. The molecule has 0 spiro atoms. The largest absolute Gasteiger partial charge is 0.383 e. The molecule has 3 rings (SSSR count). The van der Waals surface area contributed by atoms with Crippen LogP contribution in [0, 0.1) is 5.82 Å². The van der Waals surface area contributed by atoms with Gasteiger partial charge >= 0.3 is 5.69 Å². The van der Waals surface area contributed by atoms with Crippen LogP contribution in [-0.4, -0.2) is 31.8 Å². The molecule has 1 amide bonds. The Balaban J connectivity index is 2.05. The van der Waals surface area contributed by atoms with E-state index in [9.17, 15) is 18.8 Å². The van der Waals surface area contributed by atoms with E-state index in [2.05, 4.69) is 10.1 Å². The number of unbranched alkanes of at least 4 members (excludes halogenated alkanes) is 2. The van der Waals surface area contributed by atoms with Crippen molar-refractivity contribution in [2.45, 2.75) is 46.1 Å². The summed E-state index contributed by atoms with van der Waals surface area (Å²) >= 11 is 0. The molecular weight excluding hydrogens is 415 g/mol. The number of amides is 1. The van der Waals surface area contributed by atoms with Gasteiger partial charge in [0.05, 0.1) is 0 Å². The van der Waals surface area contributed by atoms with Crippen molar-refractivity contribution in [3.05, 3.63) is 68.9 Å². The number of nitrogens with two attached hydrogens (primary N) is 1. The van der Waals surface area contributed by atoms with Gasteiger partial charge in [-0.05, 0) is 31.0 Å². The van der Waals surface area contributed by atoms with Crippen LogP contribution in [0.1, 0.15) is 50.0 Å². The molecule has 10 heteroatoms. The van der Waals surface area contributed by atoms with Crippen molar-refractivity contribution < 1.29 is 9.18 Å². The number of para-hydroxylation sites is 1. The molecule has 170 valence electrons. The number of aromatic amines is 1. The van der Waals surface area contributed by atoms with Crippen molar-refractivity contribution in [1.29, 1.82) is 0 Å². The minimum absolute atomic E-state index is 0.0227. The maximum Gasteiger partial charge on any atom is 0.330 e. The van der Waals surface area contributed by atoms with Crippen LogP contribution in [-0.2, 0) is 6.54 Å². The second kappa shape index (κ2) is 10.1. The number of benzene rings is 1. The SMILES string of the molecule is CCCCN(C(=O)c1ccn(-c2ccccc2F)n1)c1c(N)n(CCCC)c(=O)[nH]c1=O. The molecule has 9 nitrogen and oxygen atoms in total. The lowest BCUT2D eigenvalue weighted by atomic mass is 10.2. The quantitative estimate of drug-likeness (QED) is 0.528. The third kappa shape index (κ3) is 4.63. The van der Waals surface area contributed by atoms with E-state index in [1.165, 1.54) is 38.5 Å². The molecule has 0 unspecified atom stereocenters. The van der Waals surface area contributed by atoms with Gasteiger partial charge in [-0.15, -0.1) is 0 Å². The van der Waals surface area contributed by atoms with E-state index >= 15 is 0 Å². The Labute approximate surface area is 184 Å². The topological polar surface area (TPSA) is 119 Å². The molecular formula is C22H27FN6O3. The van der Waals surface area contributed by atoms with Gasteiger partial charge in [0, 0.05) is 19.3 Å². The zero-order valence-electron chi connectivity index (χ0n) is 18.2. The number of H-pyrrole nitrogens is 1. The number of aromatic nitrogens is 4. The predicted molar refractivity (Wildman–Crippen MR) is 121 cm³/mol. The lowest BCUT2D eigenvalue weighted by molar-refractivity contribution is 0.0981. The molecule has 0 atom stereocenters. The number of nitrogens with one attached hydrogen (secondary N) is 1. The summed E-state index contributed by atoms with van der Waals surface area (Å²) in [5.74, 6) is -1.11. The van der Waals surface area contributed by atoms with Crippen LogP contribution in [0.3, 0.4) is 0 Å². The second-order valence-corrected chi connectivity index (χ2v) is 7.41. The third-order valence-electron chi connectivity index (χ3n) is 5.11. The minimum Gasteiger partial charge on any atom is -0.383 e. The van der Waals surface area contributed by atoms with Crippen LogP contribution in [0.5, 0.6) is 0 Å². The molecule has 0 aliphatic heterocycles. The van der Waals surface area contributed by atoms with Gasteiger partial charge in [0.1, 0.15) is 17.3 Å². The van der Waals surface area contributed by atoms with Gasteiger partial charge in [0.15, 0.2) is 11.4 Å². The molecule has 0 aliphatic carbocycles. The Kier molecular flexibility index (Phi) is 7.24. The number of rotatable bonds is 9. The lowest BCUT2D eigenvalue weighted by Crippen LogP contribution is -2.41. The lowest BCUT2D eigenvalue weighted by Gasteiger charge is -2.23. The summed E-state index contributed by atoms with van der Waals surface area (Å²) in [5, 5.41) is 4.21. The third-order valence-corrected chi connectivity index (χ3v) is 5.11. The summed E-state index contributed by atoms with van der Waals surface area (Å²) < 4.78 is 16.6. The number of anilines is 2. The van der Waals surface area contributed by atoms with Gasteiger partial charge in [0.25, 0.3) is 11.5 Å². The average Bonchev–Trinajstić information content (AvgIpc) is 3.25. The highest BCUT2D eigenvalue weighted by Gasteiger charge is 2.26. The smallest absolute Gasteiger partial charge is 0.330 e. The van der Waals surface area contributed by atoms with Crippen LogP contribution < -0.4 is 21.9 Å². The Morgan fingerprint density at radius 2 is 1.88 bits per heavy atom. The van der Waals surface area contributed by atoms with Crippen LogP contribution in [0.4, 0.5) is 15.9 Å². The van der Waals surface area contributed by atoms with E-state index in [1.54, 1.807) is 12.1 Å². The van der Waals surface area contributed by atoms with Crippen LogP contribution in [0.15, 0.2) is 46.1 Å². The number of nitrogen functional groups attached to an aromatic ring is 1. The molecule has 2 aromatic heterocycles. The summed E-state index contributed by atoms with van der Waals surface area (Å²) in [4.78, 5) is 41.8. The number of hydrogen-bond acceptors (Lipinski definition) is 5. The molecule has 0 saturated heterocycles. The van der Waals surface area contributed by atoms with Crippen molar-refractivity contribution in [1.82, 2.24) is 19.3 Å². The first-order chi connectivity index (χ1) is 15.4. The van der Waals surface area contributed by atoms with Gasteiger partial charge in [-0.25, -0.2) is 13.9 Å². The van der Waals surface area contributed by atoms with Crippen molar-refractivity contribution >= 4 is 17.4 Å². The Hall–Kier alpha value is -3.69. The zero-order valence-corrected chi connectivity index (χ0v) is 18.2. The summed E-state index contributed by atoms with van der Waals surface area (Å²) in [6.07, 6.45) is 4.35. The standard InChI is InChI=1S/C22H27FN6O3/c1-3-5-12-27(18-19(24)28(13-6-4-2)22(32)25-20(18)30)21(31)16-11-14-29(26-16)17-10-8-7-9-15(17)23/h7-11,14H,3-6,12-13,24H2,1-2H3,(H,25,30,32). The molecule has 1 aromatic carbocycles. The summed E-state index contributed by atoms with van der Waals surface area (Å²) in [7, 11) is 0. The Bertz CT molecular complexity index is 1210. The van der Waals surface area contributed by atoms with E-state index in [4.69, 9.17) is 5.73 Å². The van der Waals surface area contributed by atoms with Gasteiger partial charge < -0.3 is 5.73 Å². The summed E-state index contributed by atoms with van der Waals surface area (Å²) in [6.45, 7) is 4.45. The zero-order chi connectivity index (χ0) is 23.3. The molecule has 2 heterocycles. The maximum atomic E-state index is 14.1. The highest BCUT2D eigenvalue weighted by molar-refractivity contribution is 6.06. The van der Waals surface area contributed by atoms with Gasteiger partial charge in [0.2, 0.25) is 0 Å². The number of carbonyl (C=O) groups excluding carboxylic acids is 1. The minimum atomic E-state index is -0.738. The molecule has 3 aromatic rings. The number of nitrogens with zero attached hydrogens (tertiary/aromatic N) is 4. The summed E-state index contributed by atoms with van der Waals surface area (Å²) in [6, 6.07) is 7.51. The highest BCUT2D eigenvalue weighted by atomic mass is 19.1. The number of hydrogen-bond donors (Lipinski definition) is 2. The fourth-order valence-corrected chi connectivity index (χ4v) is 3.36. The Morgan fingerprint density at radius 3 is 2.56 bits per heavy atom. The van der Waals surface area contributed by atoms with Crippen LogP contribution in [0.25, 0.3) is 5.69 Å². The van der Waals surface area contributed by atoms with Crippen molar-refractivity contribution in [2.24, 2.45) is 0 Å². The van der Waals surface area contributed by atoms with Crippen molar-refractivity contribution in [2.75, 3.05) is 17.2 Å². The van der Waals surface area contributed by atoms with Crippen molar-refractivity contribution in [3.63, 3.8) is 0 Å². The molecule has 0 fully saturated rings. The molecule has 0 bridgehead atoms. The van der Waals surface area contributed by atoms with E-state index in [1.807, 2.05) is 13.8 Å².